The zero-order valence-corrected chi connectivity index (χ0v) is 8.83. The molecule has 0 heterocycles. The Morgan fingerprint density at radius 1 is 1.45 bits per heavy atom. The van der Waals surface area contributed by atoms with Gasteiger partial charge in [0.1, 0.15) is 0 Å². The molecule has 0 aromatic heterocycles. The number of hydrogen-bond acceptors (Lipinski definition) is 3. The van der Waals surface area contributed by atoms with Gasteiger partial charge in [0.2, 0.25) is 0 Å². The standard InChI is InChI=1S/C5H11Cl2O3P/c1-5(2)9-11(10-7)8-4-3-6/h5H,3-4H2,1-2H3. The van der Waals surface area contributed by atoms with Crippen molar-refractivity contribution in [2.45, 2.75) is 20.0 Å². The molecule has 0 spiro atoms. The fourth-order valence-corrected chi connectivity index (χ4v) is 1.47. The smallest absolute Gasteiger partial charge is 0.310 e. The zero-order valence-electron chi connectivity index (χ0n) is 6.42. The fraction of sp³-hybridized carbons (Fsp3) is 1.00. The van der Waals surface area contributed by atoms with Gasteiger partial charge in [0.05, 0.1) is 24.6 Å². The SMILES string of the molecule is CC(C)OP(OCl)OCCCl. The van der Waals surface area contributed by atoms with Gasteiger partial charge in [-0.3, -0.25) is 0 Å². The Balaban J connectivity index is 3.41. The zero-order chi connectivity index (χ0) is 8.69. The molecule has 0 aromatic rings. The van der Waals surface area contributed by atoms with Crippen molar-refractivity contribution < 1.29 is 13.1 Å². The van der Waals surface area contributed by atoms with Crippen LogP contribution >= 0.6 is 32.1 Å². The highest BCUT2D eigenvalue weighted by atomic mass is 35.5. The van der Waals surface area contributed by atoms with Crippen molar-refractivity contribution in [2.24, 2.45) is 0 Å². The van der Waals surface area contributed by atoms with Crippen LogP contribution in [0.1, 0.15) is 13.8 Å². The Hall–Kier alpha value is 0.890. The number of halogens is 2. The monoisotopic (exact) mass is 220 g/mol. The highest BCUT2D eigenvalue weighted by Crippen LogP contribution is 2.42. The first-order chi connectivity index (χ1) is 5.20. The molecule has 0 aliphatic rings. The van der Waals surface area contributed by atoms with E-state index in [9.17, 15) is 0 Å². The van der Waals surface area contributed by atoms with E-state index in [1.165, 1.54) is 0 Å². The van der Waals surface area contributed by atoms with E-state index < -0.39 is 8.60 Å². The van der Waals surface area contributed by atoms with E-state index in [2.05, 4.69) is 4.08 Å². The van der Waals surface area contributed by atoms with Crippen molar-refractivity contribution in [2.75, 3.05) is 12.5 Å². The first-order valence-corrected chi connectivity index (χ1v) is 5.09. The largest absolute Gasteiger partial charge is 0.350 e. The molecule has 0 amide bonds. The lowest BCUT2D eigenvalue weighted by Gasteiger charge is -2.13. The Kier molecular flexibility index (Phi) is 8.14. The molecule has 0 N–H and O–H groups in total. The van der Waals surface area contributed by atoms with Gasteiger partial charge in [0.25, 0.3) is 0 Å². The van der Waals surface area contributed by atoms with E-state index in [4.69, 9.17) is 32.5 Å². The maximum atomic E-state index is 5.37. The number of rotatable bonds is 6. The van der Waals surface area contributed by atoms with Crippen LogP contribution in [-0.4, -0.2) is 18.6 Å². The molecule has 6 heteroatoms. The molecule has 0 fully saturated rings. The van der Waals surface area contributed by atoms with Gasteiger partial charge in [0.15, 0.2) is 0 Å². The molecule has 0 aliphatic heterocycles. The Labute approximate surface area is 78.1 Å². The van der Waals surface area contributed by atoms with Gasteiger partial charge in [-0.1, -0.05) is 0 Å². The third-order valence-electron chi connectivity index (χ3n) is 0.627. The number of alkyl halides is 1. The van der Waals surface area contributed by atoms with E-state index in [-0.39, 0.29) is 6.10 Å². The van der Waals surface area contributed by atoms with Crippen molar-refractivity contribution in [3.05, 3.63) is 0 Å². The second kappa shape index (κ2) is 7.53. The molecule has 11 heavy (non-hydrogen) atoms. The second-order valence-corrected chi connectivity index (χ2v) is 3.82. The summed E-state index contributed by atoms with van der Waals surface area (Å²) in [5, 5.41) is 0. The second-order valence-electron chi connectivity index (χ2n) is 1.97. The average Bonchev–Trinajstić information content (AvgIpc) is 1.97. The number of hydrogen-bond donors (Lipinski definition) is 0. The first kappa shape index (κ1) is 11.9. The summed E-state index contributed by atoms with van der Waals surface area (Å²) in [5.41, 5.74) is 0. The predicted octanol–water partition coefficient (Wildman–Crippen LogP) is 3.06. The minimum atomic E-state index is -1.42. The van der Waals surface area contributed by atoms with Crippen molar-refractivity contribution >= 4 is 32.1 Å². The minimum Gasteiger partial charge on any atom is -0.310 e. The van der Waals surface area contributed by atoms with Crippen LogP contribution in [0.15, 0.2) is 0 Å². The molecule has 1 unspecified atom stereocenters. The van der Waals surface area contributed by atoms with Gasteiger partial charge in [-0.2, -0.15) is 4.08 Å². The molecule has 3 nitrogen and oxygen atoms in total. The highest BCUT2D eigenvalue weighted by Gasteiger charge is 2.13. The van der Waals surface area contributed by atoms with Crippen LogP contribution in [-0.2, 0) is 13.1 Å². The molecule has 0 radical (unpaired) electrons. The van der Waals surface area contributed by atoms with Gasteiger partial charge < -0.3 is 9.05 Å². The van der Waals surface area contributed by atoms with Gasteiger partial charge in [-0.05, 0) is 13.8 Å². The van der Waals surface area contributed by atoms with Gasteiger partial charge in [-0.25, -0.2) is 0 Å². The minimum absolute atomic E-state index is 0.0372. The van der Waals surface area contributed by atoms with Gasteiger partial charge in [-0.15, -0.1) is 11.6 Å². The molecular formula is C5H11Cl2O3P. The van der Waals surface area contributed by atoms with Crippen LogP contribution < -0.4 is 0 Å². The Morgan fingerprint density at radius 2 is 2.09 bits per heavy atom. The molecule has 0 saturated heterocycles. The maximum absolute atomic E-state index is 5.37. The molecule has 0 bridgehead atoms. The molecule has 0 rings (SSSR count). The van der Waals surface area contributed by atoms with Crippen LogP contribution in [0.4, 0.5) is 0 Å². The summed E-state index contributed by atoms with van der Waals surface area (Å²) in [7, 11) is -1.42. The summed E-state index contributed by atoms with van der Waals surface area (Å²) in [6.45, 7) is 4.12. The van der Waals surface area contributed by atoms with Crippen LogP contribution in [0.3, 0.4) is 0 Å². The molecule has 0 aromatic carbocycles. The summed E-state index contributed by atoms with van der Waals surface area (Å²) < 4.78 is 14.5. The Morgan fingerprint density at radius 3 is 2.45 bits per heavy atom. The van der Waals surface area contributed by atoms with Gasteiger partial charge in [0, 0.05) is 5.88 Å². The first-order valence-electron chi connectivity index (χ1n) is 3.15. The lowest BCUT2D eigenvalue weighted by atomic mass is 10.5. The quantitative estimate of drug-likeness (QED) is 0.509. The van der Waals surface area contributed by atoms with E-state index in [0.717, 1.165) is 0 Å². The molecule has 68 valence electrons. The van der Waals surface area contributed by atoms with Crippen LogP contribution in [0.2, 0.25) is 0 Å². The van der Waals surface area contributed by atoms with Crippen molar-refractivity contribution in [1.82, 2.24) is 0 Å². The molecule has 0 saturated carbocycles. The van der Waals surface area contributed by atoms with E-state index >= 15 is 0 Å². The van der Waals surface area contributed by atoms with E-state index in [0.29, 0.717) is 12.5 Å². The van der Waals surface area contributed by atoms with Crippen molar-refractivity contribution in [1.29, 1.82) is 0 Å². The topological polar surface area (TPSA) is 27.7 Å². The summed E-state index contributed by atoms with van der Waals surface area (Å²) in [5.74, 6) is 0.403. The summed E-state index contributed by atoms with van der Waals surface area (Å²) in [4.78, 5) is 0. The van der Waals surface area contributed by atoms with Crippen molar-refractivity contribution in [3.8, 4) is 0 Å². The van der Waals surface area contributed by atoms with Crippen LogP contribution in [0.5, 0.6) is 0 Å². The van der Waals surface area contributed by atoms with Crippen LogP contribution in [0.25, 0.3) is 0 Å². The highest BCUT2D eigenvalue weighted by molar-refractivity contribution is 7.42. The fourth-order valence-electron chi connectivity index (χ4n) is 0.348. The Bertz CT molecular complexity index is 93.8. The molecule has 0 aliphatic carbocycles. The summed E-state index contributed by atoms with van der Waals surface area (Å²) in [6.07, 6.45) is 0.0372. The van der Waals surface area contributed by atoms with E-state index in [1.807, 2.05) is 13.8 Å². The maximum Gasteiger partial charge on any atom is 0.350 e. The normalized spacial score (nSPS) is 13.9. The van der Waals surface area contributed by atoms with Gasteiger partial charge >= 0.3 is 8.60 Å². The van der Waals surface area contributed by atoms with Crippen molar-refractivity contribution in [3.63, 3.8) is 0 Å². The molecular weight excluding hydrogens is 210 g/mol. The summed E-state index contributed by atoms with van der Waals surface area (Å²) >= 11 is 10.5. The van der Waals surface area contributed by atoms with E-state index in [1.54, 1.807) is 0 Å². The average molecular weight is 221 g/mol. The summed E-state index contributed by atoms with van der Waals surface area (Å²) in [6, 6.07) is 0. The third-order valence-corrected chi connectivity index (χ3v) is 2.22. The third kappa shape index (κ3) is 7.26. The predicted molar refractivity (Wildman–Crippen MR) is 46.8 cm³/mol. The van der Waals surface area contributed by atoms with Crippen LogP contribution in [0, 0.1) is 0 Å². The lowest BCUT2D eigenvalue weighted by Crippen LogP contribution is -2.01. The lowest BCUT2D eigenvalue weighted by molar-refractivity contribution is 0.178. The molecule has 1 atom stereocenters.